The summed E-state index contributed by atoms with van der Waals surface area (Å²) in [5.74, 6) is 0.290. The van der Waals surface area contributed by atoms with Crippen molar-refractivity contribution in [3.63, 3.8) is 0 Å². The van der Waals surface area contributed by atoms with Crippen LogP contribution in [-0.2, 0) is 11.4 Å². The van der Waals surface area contributed by atoms with Crippen molar-refractivity contribution >= 4 is 85.1 Å². The fraction of sp³-hybridized carbons (Fsp3) is 0.0833. The maximum Gasteiger partial charge on any atom is 0.270 e. The van der Waals surface area contributed by atoms with Gasteiger partial charge in [-0.15, -0.1) is 0 Å². The number of carbonyl (C=O) groups is 1. The van der Waals surface area contributed by atoms with Gasteiger partial charge in [0.15, 0.2) is 15.8 Å². The molecule has 10 heteroatoms. The zero-order chi connectivity index (χ0) is 24.4. The van der Waals surface area contributed by atoms with Crippen molar-refractivity contribution in [2.75, 3.05) is 12.0 Å². The summed E-state index contributed by atoms with van der Waals surface area (Å²) >= 11 is 22.4. The normalized spacial score (nSPS) is 14.7. The summed E-state index contributed by atoms with van der Waals surface area (Å²) in [6, 6.07) is 14.6. The molecular weight excluding hydrogens is 584 g/mol. The number of hydrogen-bond donors (Lipinski definition) is 0. The molecule has 0 N–H and O–H groups in total. The van der Waals surface area contributed by atoms with Gasteiger partial charge in [-0.05, 0) is 75.6 Å². The van der Waals surface area contributed by atoms with Gasteiger partial charge in [0.1, 0.15) is 12.4 Å². The highest BCUT2D eigenvalue weighted by atomic mass is 79.9. The van der Waals surface area contributed by atoms with Crippen molar-refractivity contribution in [3.05, 3.63) is 91.0 Å². The van der Waals surface area contributed by atoms with E-state index in [-0.39, 0.29) is 18.3 Å². The van der Waals surface area contributed by atoms with Crippen LogP contribution >= 0.6 is 63.1 Å². The monoisotopic (exact) mass is 597 g/mol. The molecule has 4 nitrogen and oxygen atoms in total. The third-order valence-corrected chi connectivity index (χ3v) is 7.20. The summed E-state index contributed by atoms with van der Waals surface area (Å²) < 4.78 is 25.8. The summed E-state index contributed by atoms with van der Waals surface area (Å²) in [7, 11) is 1.52. The zero-order valence-corrected chi connectivity index (χ0v) is 22.2. The van der Waals surface area contributed by atoms with E-state index in [2.05, 4.69) is 15.9 Å². The number of thiocarbonyl (C=S) groups is 1. The van der Waals surface area contributed by atoms with Gasteiger partial charge in [-0.3, -0.25) is 9.69 Å². The van der Waals surface area contributed by atoms with Crippen LogP contribution in [0.15, 0.2) is 64.0 Å². The number of rotatable bonds is 6. The quantitative estimate of drug-likeness (QED) is 0.213. The number of benzene rings is 3. The van der Waals surface area contributed by atoms with Gasteiger partial charge in [-0.1, -0.05) is 59.3 Å². The number of ether oxygens (including phenoxy) is 2. The van der Waals surface area contributed by atoms with E-state index in [9.17, 15) is 9.18 Å². The Morgan fingerprint density at radius 2 is 1.97 bits per heavy atom. The first kappa shape index (κ1) is 25.0. The van der Waals surface area contributed by atoms with E-state index in [1.807, 2.05) is 0 Å². The van der Waals surface area contributed by atoms with Crippen LogP contribution in [0.1, 0.15) is 11.1 Å². The maximum absolute atomic E-state index is 13.4. The standard InChI is InChI=1S/C24H15BrCl2FNO3S2/c1-31-20-9-14(8-17(25)22(20)32-12-13-3-2-4-16(28)7-13)10-21-23(30)29(24(33)34-21)19-6-5-15(26)11-18(19)27/h2-11H,12H2,1H3/b21-10-. The number of anilines is 1. The summed E-state index contributed by atoms with van der Waals surface area (Å²) in [6.45, 7) is 0.159. The van der Waals surface area contributed by atoms with Gasteiger partial charge in [0, 0.05) is 5.02 Å². The second kappa shape index (κ2) is 10.7. The van der Waals surface area contributed by atoms with Gasteiger partial charge in [-0.2, -0.15) is 0 Å². The molecule has 0 spiro atoms. The highest BCUT2D eigenvalue weighted by Crippen LogP contribution is 2.42. The van der Waals surface area contributed by atoms with Gasteiger partial charge >= 0.3 is 0 Å². The van der Waals surface area contributed by atoms with Gasteiger partial charge in [-0.25, -0.2) is 4.39 Å². The molecule has 0 saturated carbocycles. The van der Waals surface area contributed by atoms with Crippen LogP contribution in [-0.4, -0.2) is 17.3 Å². The van der Waals surface area contributed by atoms with Crippen molar-refractivity contribution in [2.45, 2.75) is 6.61 Å². The fourth-order valence-electron chi connectivity index (χ4n) is 3.23. The number of thioether (sulfide) groups is 1. The van der Waals surface area contributed by atoms with Gasteiger partial charge < -0.3 is 9.47 Å². The molecule has 34 heavy (non-hydrogen) atoms. The maximum atomic E-state index is 13.4. The minimum atomic E-state index is -0.334. The predicted octanol–water partition coefficient (Wildman–Crippen LogP) is 7.89. The minimum Gasteiger partial charge on any atom is -0.493 e. The van der Waals surface area contributed by atoms with E-state index in [4.69, 9.17) is 44.9 Å². The molecule has 1 aliphatic rings. The number of amides is 1. The SMILES string of the molecule is COc1cc(/C=C2\SC(=S)N(c3ccc(Cl)cc3Cl)C2=O)cc(Br)c1OCc1cccc(F)c1. The predicted molar refractivity (Wildman–Crippen MR) is 144 cm³/mol. The third-order valence-electron chi connectivity index (χ3n) is 4.77. The number of methoxy groups -OCH3 is 1. The van der Waals surface area contributed by atoms with Crippen LogP contribution in [0.2, 0.25) is 10.0 Å². The van der Waals surface area contributed by atoms with Crippen molar-refractivity contribution in [1.29, 1.82) is 0 Å². The van der Waals surface area contributed by atoms with Crippen LogP contribution in [0.3, 0.4) is 0 Å². The lowest BCUT2D eigenvalue weighted by Gasteiger charge is -2.16. The highest BCUT2D eigenvalue weighted by Gasteiger charge is 2.34. The average Bonchev–Trinajstić information content (AvgIpc) is 3.05. The number of carbonyl (C=O) groups excluding carboxylic acids is 1. The number of hydrogen-bond acceptors (Lipinski definition) is 5. The first-order chi connectivity index (χ1) is 16.3. The molecular formula is C24H15BrCl2FNO3S2. The molecule has 0 atom stereocenters. The highest BCUT2D eigenvalue weighted by molar-refractivity contribution is 9.10. The molecule has 0 aliphatic carbocycles. The smallest absolute Gasteiger partial charge is 0.270 e. The molecule has 1 saturated heterocycles. The van der Waals surface area contributed by atoms with E-state index < -0.39 is 0 Å². The molecule has 4 rings (SSSR count). The third kappa shape index (κ3) is 5.42. The molecule has 0 radical (unpaired) electrons. The van der Waals surface area contributed by atoms with Crippen LogP contribution in [0, 0.1) is 5.82 Å². The van der Waals surface area contributed by atoms with Gasteiger partial charge in [0.2, 0.25) is 0 Å². The molecule has 3 aromatic rings. The summed E-state index contributed by atoms with van der Waals surface area (Å²) in [4.78, 5) is 14.9. The molecule has 0 aromatic heterocycles. The summed E-state index contributed by atoms with van der Waals surface area (Å²) in [6.07, 6.45) is 1.72. The van der Waals surface area contributed by atoms with Crippen LogP contribution in [0.4, 0.5) is 10.1 Å². The Morgan fingerprint density at radius 3 is 2.68 bits per heavy atom. The van der Waals surface area contributed by atoms with E-state index in [0.717, 1.165) is 0 Å². The molecule has 1 fully saturated rings. The van der Waals surface area contributed by atoms with E-state index in [1.165, 1.54) is 35.9 Å². The zero-order valence-electron chi connectivity index (χ0n) is 17.5. The van der Waals surface area contributed by atoms with Crippen molar-refractivity contribution < 1.29 is 18.7 Å². The van der Waals surface area contributed by atoms with Crippen molar-refractivity contribution in [3.8, 4) is 11.5 Å². The van der Waals surface area contributed by atoms with Gasteiger partial charge in [0.25, 0.3) is 5.91 Å². The minimum absolute atomic E-state index is 0.159. The Morgan fingerprint density at radius 1 is 1.18 bits per heavy atom. The lowest BCUT2D eigenvalue weighted by molar-refractivity contribution is -0.113. The molecule has 174 valence electrons. The lowest BCUT2D eigenvalue weighted by atomic mass is 10.1. The van der Waals surface area contributed by atoms with E-state index >= 15 is 0 Å². The lowest BCUT2D eigenvalue weighted by Crippen LogP contribution is -2.27. The molecule has 0 unspecified atom stereocenters. The second-order valence-electron chi connectivity index (χ2n) is 7.07. The Balaban J connectivity index is 1.59. The first-order valence-electron chi connectivity index (χ1n) is 9.74. The summed E-state index contributed by atoms with van der Waals surface area (Å²) in [5, 5.41) is 0.792. The Bertz CT molecular complexity index is 1340. The van der Waals surface area contributed by atoms with Crippen LogP contribution < -0.4 is 14.4 Å². The molecule has 1 aliphatic heterocycles. The molecule has 1 heterocycles. The Kier molecular flexibility index (Phi) is 7.84. The Labute approximate surface area is 223 Å². The number of halogens is 4. The Hall–Kier alpha value is -2.10. The largest absolute Gasteiger partial charge is 0.493 e. The van der Waals surface area contributed by atoms with Crippen molar-refractivity contribution in [2.24, 2.45) is 0 Å². The van der Waals surface area contributed by atoms with E-state index in [1.54, 1.807) is 48.5 Å². The first-order valence-corrected chi connectivity index (χ1v) is 12.5. The molecule has 1 amide bonds. The van der Waals surface area contributed by atoms with Gasteiger partial charge in [0.05, 0.1) is 27.2 Å². The van der Waals surface area contributed by atoms with E-state index in [0.29, 0.717) is 52.1 Å². The topological polar surface area (TPSA) is 38.8 Å². The molecule has 0 bridgehead atoms. The number of nitrogens with zero attached hydrogens (tertiary/aromatic N) is 1. The van der Waals surface area contributed by atoms with Crippen LogP contribution in [0.25, 0.3) is 6.08 Å². The van der Waals surface area contributed by atoms with Crippen LogP contribution in [0.5, 0.6) is 11.5 Å². The molecule has 3 aromatic carbocycles. The average molecular weight is 599 g/mol. The van der Waals surface area contributed by atoms with Crippen molar-refractivity contribution in [1.82, 2.24) is 0 Å². The summed E-state index contributed by atoms with van der Waals surface area (Å²) in [5.41, 5.74) is 1.85. The second-order valence-corrected chi connectivity index (χ2v) is 10.4. The fourth-order valence-corrected chi connectivity index (χ4v) is 5.59.